The number of rotatable bonds is 4. The first-order valence-electron chi connectivity index (χ1n) is 6.43. The van der Waals surface area contributed by atoms with E-state index >= 15 is 0 Å². The van der Waals surface area contributed by atoms with Crippen LogP contribution in [-0.4, -0.2) is 0 Å². The van der Waals surface area contributed by atoms with Crippen LogP contribution in [0.25, 0.3) is 0 Å². The Hall–Kier alpha value is -1.13. The van der Waals surface area contributed by atoms with Crippen LogP contribution >= 0.6 is 27.5 Å². The number of hydrogen-bond donors (Lipinski definition) is 0. The molecule has 5 heteroatoms. The Balaban J connectivity index is 2.43. The molecular weight excluding hydrogens is 362 g/mol. The summed E-state index contributed by atoms with van der Waals surface area (Å²) in [5.74, 6) is -1.29. The molecule has 0 unspecified atom stereocenters. The topological polar surface area (TPSA) is 9.23 Å². The van der Waals surface area contributed by atoms with Gasteiger partial charge in [-0.25, -0.2) is 8.78 Å². The van der Waals surface area contributed by atoms with E-state index in [1.165, 1.54) is 12.1 Å². The fraction of sp³-hybridized carbons (Fsp3) is 0.250. The Kier molecular flexibility index (Phi) is 5.22. The first kappa shape index (κ1) is 16.2. The Morgan fingerprint density at radius 3 is 2.29 bits per heavy atom. The van der Waals surface area contributed by atoms with Crippen LogP contribution in [0.3, 0.4) is 0 Å². The molecular formula is C16H14BrClF2O. The lowest BCUT2D eigenvalue weighted by Gasteiger charge is -2.15. The van der Waals surface area contributed by atoms with Crippen LogP contribution in [0.1, 0.15) is 30.9 Å². The van der Waals surface area contributed by atoms with E-state index in [1.807, 2.05) is 19.9 Å². The van der Waals surface area contributed by atoms with Crippen molar-refractivity contribution in [2.75, 3.05) is 0 Å². The molecule has 0 fully saturated rings. The monoisotopic (exact) mass is 374 g/mol. The van der Waals surface area contributed by atoms with Gasteiger partial charge in [0.15, 0.2) is 17.4 Å². The molecule has 0 aliphatic heterocycles. The zero-order chi connectivity index (χ0) is 15.6. The average molecular weight is 376 g/mol. The molecule has 0 aliphatic rings. The molecule has 0 heterocycles. The smallest absolute Gasteiger partial charge is 0.198 e. The lowest BCUT2D eigenvalue weighted by molar-refractivity contribution is 0.402. The van der Waals surface area contributed by atoms with Gasteiger partial charge in [0.25, 0.3) is 0 Å². The Bertz CT molecular complexity index is 636. The highest BCUT2D eigenvalue weighted by atomic mass is 79.9. The third-order valence-electron chi connectivity index (χ3n) is 3.02. The molecule has 0 spiro atoms. The Morgan fingerprint density at radius 2 is 1.76 bits per heavy atom. The van der Waals surface area contributed by atoms with Gasteiger partial charge in [0.2, 0.25) is 0 Å². The van der Waals surface area contributed by atoms with Gasteiger partial charge in [-0.05, 0) is 47.4 Å². The molecule has 2 aromatic carbocycles. The zero-order valence-corrected chi connectivity index (χ0v) is 13.9. The summed E-state index contributed by atoms with van der Waals surface area (Å²) in [5, 5.41) is 0. The molecule has 0 aliphatic carbocycles. The molecule has 0 saturated carbocycles. The number of halogens is 4. The van der Waals surface area contributed by atoms with Crippen LogP contribution < -0.4 is 4.74 Å². The molecule has 0 aromatic heterocycles. The predicted molar refractivity (Wildman–Crippen MR) is 84.2 cm³/mol. The lowest BCUT2D eigenvalue weighted by Crippen LogP contribution is -1.98. The van der Waals surface area contributed by atoms with Crippen LogP contribution in [-0.2, 0) is 5.88 Å². The SMILES string of the molecule is CC(C)c1cc(Br)ccc1Oc1c(F)cc(CCl)cc1F. The maximum atomic E-state index is 14.0. The summed E-state index contributed by atoms with van der Waals surface area (Å²) in [7, 11) is 0. The van der Waals surface area contributed by atoms with Crippen molar-refractivity contribution in [3.8, 4) is 11.5 Å². The van der Waals surface area contributed by atoms with Crippen molar-refractivity contribution >= 4 is 27.5 Å². The standard InChI is InChI=1S/C16H14BrClF2O/c1-9(2)12-7-11(17)3-4-15(12)21-16-13(19)5-10(8-18)6-14(16)20/h3-7,9H,8H2,1-2H3. The molecule has 21 heavy (non-hydrogen) atoms. The van der Waals surface area contributed by atoms with Gasteiger partial charge in [-0.3, -0.25) is 0 Å². The van der Waals surface area contributed by atoms with Crippen molar-refractivity contribution in [1.29, 1.82) is 0 Å². The second kappa shape index (κ2) is 6.75. The minimum absolute atomic E-state index is 0.0453. The molecule has 0 saturated heterocycles. The summed E-state index contributed by atoms with van der Waals surface area (Å²) in [6.07, 6.45) is 0. The predicted octanol–water partition coefficient (Wildman–Crippen LogP) is 6.38. The highest BCUT2D eigenvalue weighted by Gasteiger charge is 2.16. The largest absolute Gasteiger partial charge is 0.451 e. The molecule has 0 atom stereocenters. The summed E-state index contributed by atoms with van der Waals surface area (Å²) in [6.45, 7) is 3.97. The van der Waals surface area contributed by atoms with Crippen molar-refractivity contribution in [2.24, 2.45) is 0 Å². The van der Waals surface area contributed by atoms with Crippen LogP contribution in [0.5, 0.6) is 11.5 Å². The van der Waals surface area contributed by atoms with Gasteiger partial charge < -0.3 is 4.74 Å². The van der Waals surface area contributed by atoms with E-state index in [9.17, 15) is 8.78 Å². The van der Waals surface area contributed by atoms with E-state index < -0.39 is 17.4 Å². The average Bonchev–Trinajstić information content (AvgIpc) is 2.43. The molecule has 1 nitrogen and oxygen atoms in total. The first-order chi connectivity index (χ1) is 9.92. The molecule has 0 N–H and O–H groups in total. The molecule has 2 rings (SSSR count). The third-order valence-corrected chi connectivity index (χ3v) is 3.82. The highest BCUT2D eigenvalue weighted by molar-refractivity contribution is 9.10. The van der Waals surface area contributed by atoms with Crippen molar-refractivity contribution in [2.45, 2.75) is 25.6 Å². The maximum Gasteiger partial charge on any atom is 0.198 e. The van der Waals surface area contributed by atoms with Crippen LogP contribution in [0.15, 0.2) is 34.8 Å². The summed E-state index contributed by atoms with van der Waals surface area (Å²) in [5.41, 5.74) is 1.24. The van der Waals surface area contributed by atoms with Crippen LogP contribution in [0.4, 0.5) is 8.78 Å². The van der Waals surface area contributed by atoms with E-state index in [0.717, 1.165) is 10.0 Å². The molecule has 0 bridgehead atoms. The molecule has 0 amide bonds. The number of benzene rings is 2. The molecule has 112 valence electrons. The van der Waals surface area contributed by atoms with Crippen LogP contribution in [0.2, 0.25) is 0 Å². The Morgan fingerprint density at radius 1 is 1.14 bits per heavy atom. The zero-order valence-electron chi connectivity index (χ0n) is 11.6. The van der Waals surface area contributed by atoms with Gasteiger partial charge in [-0.15, -0.1) is 11.6 Å². The van der Waals surface area contributed by atoms with E-state index in [4.69, 9.17) is 16.3 Å². The summed E-state index contributed by atoms with van der Waals surface area (Å²) >= 11 is 8.97. The number of alkyl halides is 1. The van der Waals surface area contributed by atoms with E-state index in [-0.39, 0.29) is 11.8 Å². The Labute approximate surface area is 136 Å². The lowest BCUT2D eigenvalue weighted by atomic mass is 10.0. The minimum Gasteiger partial charge on any atom is -0.451 e. The fourth-order valence-electron chi connectivity index (χ4n) is 1.96. The second-order valence-corrected chi connectivity index (χ2v) is 6.14. The number of hydrogen-bond acceptors (Lipinski definition) is 1. The van der Waals surface area contributed by atoms with E-state index in [1.54, 1.807) is 12.1 Å². The summed E-state index contributed by atoms with van der Waals surface area (Å²) in [4.78, 5) is 0. The fourth-order valence-corrected chi connectivity index (χ4v) is 2.49. The summed E-state index contributed by atoms with van der Waals surface area (Å²) < 4.78 is 34.3. The van der Waals surface area contributed by atoms with Crippen molar-refractivity contribution in [3.63, 3.8) is 0 Å². The molecule has 0 radical (unpaired) electrons. The van der Waals surface area contributed by atoms with Crippen molar-refractivity contribution < 1.29 is 13.5 Å². The van der Waals surface area contributed by atoms with Gasteiger partial charge in [-0.2, -0.15) is 0 Å². The normalized spacial score (nSPS) is 11.0. The van der Waals surface area contributed by atoms with Crippen molar-refractivity contribution in [3.05, 3.63) is 57.6 Å². The van der Waals surface area contributed by atoms with Gasteiger partial charge in [0.05, 0.1) is 0 Å². The van der Waals surface area contributed by atoms with E-state index in [2.05, 4.69) is 15.9 Å². The highest BCUT2D eigenvalue weighted by Crippen LogP contribution is 2.35. The third kappa shape index (κ3) is 3.74. The van der Waals surface area contributed by atoms with Gasteiger partial charge in [-0.1, -0.05) is 29.8 Å². The van der Waals surface area contributed by atoms with E-state index in [0.29, 0.717) is 11.3 Å². The molecule has 2 aromatic rings. The van der Waals surface area contributed by atoms with Gasteiger partial charge in [0.1, 0.15) is 5.75 Å². The number of ether oxygens (including phenoxy) is 1. The van der Waals surface area contributed by atoms with Crippen LogP contribution in [0, 0.1) is 11.6 Å². The minimum atomic E-state index is -0.761. The van der Waals surface area contributed by atoms with Crippen molar-refractivity contribution in [1.82, 2.24) is 0 Å². The quantitative estimate of drug-likeness (QED) is 0.563. The van der Waals surface area contributed by atoms with Gasteiger partial charge >= 0.3 is 0 Å². The maximum absolute atomic E-state index is 14.0. The second-order valence-electron chi connectivity index (χ2n) is 4.96. The first-order valence-corrected chi connectivity index (χ1v) is 7.76. The van der Waals surface area contributed by atoms with Gasteiger partial charge in [0, 0.05) is 10.4 Å². The summed E-state index contributed by atoms with van der Waals surface area (Å²) in [6, 6.07) is 7.69.